The first-order valence-electron chi connectivity index (χ1n) is 12.8. The molecular weight excluding hydrogens is 501 g/mol. The Morgan fingerprint density at radius 2 is 1.82 bits per heavy atom. The maximum Gasteiger partial charge on any atom is 0.573 e. The molecule has 0 spiro atoms. The number of benzene rings is 1. The fourth-order valence-electron chi connectivity index (χ4n) is 5.74. The second kappa shape index (κ2) is 9.61. The number of hydrogen-bond donors (Lipinski definition) is 1. The number of aromatic nitrogens is 2. The number of nitrogens with two attached hydrogens (primary N) is 1. The Balaban J connectivity index is 1.19. The standard InChI is InChI=1S/C27H27F3N4O4/c28-27(29,30)37-22-4-2-1-3-20(22)24-21(25(38-33-24)15-5-6-15)14-36-19-11-17-8-9-18(12-19)34(17)23-10-7-16(13-32-23)26(31)35/h1-4,7,10,13,15,17-19H,5-6,8-9,11-12,14H2,(H2,31,35)/t17-,18+,19+. The van der Waals surface area contributed by atoms with Gasteiger partial charge in [-0.15, -0.1) is 13.2 Å². The number of halogens is 3. The summed E-state index contributed by atoms with van der Waals surface area (Å²) in [4.78, 5) is 18.2. The van der Waals surface area contributed by atoms with Gasteiger partial charge in [0.1, 0.15) is 23.0 Å². The normalized spacial score (nSPS) is 23.0. The maximum atomic E-state index is 13.0. The van der Waals surface area contributed by atoms with Crippen molar-refractivity contribution >= 4 is 11.7 Å². The maximum absolute atomic E-state index is 13.0. The van der Waals surface area contributed by atoms with Crippen LogP contribution in [0.25, 0.3) is 11.3 Å². The van der Waals surface area contributed by atoms with Crippen molar-refractivity contribution in [2.75, 3.05) is 4.90 Å². The Hall–Kier alpha value is -3.60. The van der Waals surface area contributed by atoms with E-state index in [9.17, 15) is 18.0 Å². The van der Waals surface area contributed by atoms with Gasteiger partial charge in [-0.3, -0.25) is 4.79 Å². The minimum absolute atomic E-state index is 0.0230. The Morgan fingerprint density at radius 1 is 1.08 bits per heavy atom. The third-order valence-electron chi connectivity index (χ3n) is 7.58. The van der Waals surface area contributed by atoms with Crippen LogP contribution in [0.2, 0.25) is 0 Å². The van der Waals surface area contributed by atoms with Crippen molar-refractivity contribution in [2.24, 2.45) is 5.73 Å². The molecule has 4 heterocycles. The van der Waals surface area contributed by atoms with Crippen LogP contribution in [0.5, 0.6) is 5.75 Å². The number of carbonyl (C=O) groups excluding carboxylic acids is 1. The number of hydrogen-bond acceptors (Lipinski definition) is 7. The lowest BCUT2D eigenvalue weighted by Gasteiger charge is -2.39. The van der Waals surface area contributed by atoms with Gasteiger partial charge in [0.15, 0.2) is 0 Å². The first-order chi connectivity index (χ1) is 18.3. The molecule has 6 rings (SSSR count). The van der Waals surface area contributed by atoms with Gasteiger partial charge in [-0.2, -0.15) is 0 Å². The summed E-state index contributed by atoms with van der Waals surface area (Å²) >= 11 is 0. The Bertz CT molecular complexity index is 1310. The van der Waals surface area contributed by atoms with Crippen LogP contribution in [-0.2, 0) is 11.3 Å². The summed E-state index contributed by atoms with van der Waals surface area (Å²) in [5.41, 5.74) is 6.94. The fraction of sp³-hybridized carbons (Fsp3) is 0.444. The van der Waals surface area contributed by atoms with Crippen LogP contribution in [-0.4, -0.2) is 40.6 Å². The van der Waals surface area contributed by atoms with Crippen molar-refractivity contribution in [2.45, 2.75) is 75.6 Å². The number of rotatable bonds is 8. The van der Waals surface area contributed by atoms with Crippen LogP contribution in [0.1, 0.15) is 66.1 Å². The molecule has 2 bridgehead atoms. The van der Waals surface area contributed by atoms with Gasteiger partial charge in [-0.1, -0.05) is 17.3 Å². The minimum atomic E-state index is -4.82. The van der Waals surface area contributed by atoms with Gasteiger partial charge in [-0.25, -0.2) is 4.98 Å². The number of ether oxygens (including phenoxy) is 2. The zero-order chi connectivity index (χ0) is 26.4. The third kappa shape index (κ3) is 4.94. The van der Waals surface area contributed by atoms with Crippen molar-refractivity contribution in [1.82, 2.24) is 10.1 Å². The van der Waals surface area contributed by atoms with Gasteiger partial charge in [-0.05, 0) is 62.8 Å². The van der Waals surface area contributed by atoms with E-state index in [1.807, 2.05) is 6.07 Å². The van der Waals surface area contributed by atoms with Crippen molar-refractivity contribution in [3.8, 4) is 17.0 Å². The van der Waals surface area contributed by atoms with E-state index >= 15 is 0 Å². The molecule has 8 nitrogen and oxygen atoms in total. The number of para-hydroxylation sites is 1. The SMILES string of the molecule is NC(=O)c1ccc(N2[C@@H]3CC[C@H]2C[C@@H](OCc2c(-c4ccccc4OC(F)(F)F)noc2C2CC2)C3)nc1. The van der Waals surface area contributed by atoms with Gasteiger partial charge in [0.2, 0.25) is 5.91 Å². The van der Waals surface area contributed by atoms with Crippen LogP contribution < -0.4 is 15.4 Å². The first kappa shape index (κ1) is 24.7. The minimum Gasteiger partial charge on any atom is -0.405 e. The zero-order valence-electron chi connectivity index (χ0n) is 20.5. The molecule has 11 heteroatoms. The number of pyridine rings is 1. The Morgan fingerprint density at radius 3 is 2.45 bits per heavy atom. The highest BCUT2D eigenvalue weighted by Crippen LogP contribution is 2.46. The molecule has 0 radical (unpaired) electrons. The largest absolute Gasteiger partial charge is 0.573 e. The second-order valence-electron chi connectivity index (χ2n) is 10.2. The number of piperidine rings is 1. The predicted molar refractivity (Wildman–Crippen MR) is 130 cm³/mol. The van der Waals surface area contributed by atoms with E-state index in [0.29, 0.717) is 22.6 Å². The summed E-state index contributed by atoms with van der Waals surface area (Å²) in [6.45, 7) is 0.195. The van der Waals surface area contributed by atoms with E-state index < -0.39 is 12.3 Å². The van der Waals surface area contributed by atoms with Crippen LogP contribution in [0.15, 0.2) is 47.1 Å². The molecule has 1 amide bonds. The Labute approximate surface area is 216 Å². The second-order valence-corrected chi connectivity index (χ2v) is 10.2. The first-order valence-corrected chi connectivity index (χ1v) is 12.8. The summed E-state index contributed by atoms with van der Waals surface area (Å²) in [7, 11) is 0. The average molecular weight is 529 g/mol. The molecule has 3 aromatic rings. The molecule has 3 atom stereocenters. The summed E-state index contributed by atoms with van der Waals surface area (Å²) in [5.74, 6) is 0.877. The molecule has 38 heavy (non-hydrogen) atoms. The molecule has 2 N–H and O–H groups in total. The number of fused-ring (bicyclic) bond motifs is 2. The number of primary amides is 1. The molecule has 3 fully saturated rings. The summed E-state index contributed by atoms with van der Waals surface area (Å²) in [5, 5.41) is 4.16. The number of anilines is 1. The summed E-state index contributed by atoms with van der Waals surface area (Å²) in [6, 6.07) is 9.98. The van der Waals surface area contributed by atoms with Crippen LogP contribution in [0, 0.1) is 0 Å². The van der Waals surface area contributed by atoms with E-state index in [4.69, 9.17) is 15.0 Å². The van der Waals surface area contributed by atoms with E-state index in [1.54, 1.807) is 18.2 Å². The average Bonchev–Trinajstić information content (AvgIpc) is 3.58. The molecule has 2 saturated heterocycles. The van der Waals surface area contributed by atoms with E-state index in [1.165, 1.54) is 18.3 Å². The molecule has 1 aliphatic carbocycles. The molecular formula is C27H27F3N4O4. The number of amides is 1. The summed E-state index contributed by atoms with van der Waals surface area (Å²) < 4.78 is 55.4. The topological polar surface area (TPSA) is 104 Å². The fourth-order valence-corrected chi connectivity index (χ4v) is 5.74. The number of alkyl halides is 3. The lowest BCUT2D eigenvalue weighted by Crippen LogP contribution is -2.46. The lowest BCUT2D eigenvalue weighted by atomic mass is 9.99. The van der Waals surface area contributed by atoms with Gasteiger partial charge in [0.05, 0.1) is 18.3 Å². The number of carbonyl (C=O) groups is 1. The highest BCUT2D eigenvalue weighted by Gasteiger charge is 2.42. The van der Waals surface area contributed by atoms with E-state index in [2.05, 4.69) is 19.8 Å². The van der Waals surface area contributed by atoms with Crippen molar-refractivity contribution in [3.05, 3.63) is 59.5 Å². The zero-order valence-corrected chi connectivity index (χ0v) is 20.5. The Kier molecular flexibility index (Phi) is 6.25. The third-order valence-corrected chi connectivity index (χ3v) is 7.58. The van der Waals surface area contributed by atoms with Gasteiger partial charge in [0, 0.05) is 35.3 Å². The van der Waals surface area contributed by atoms with Gasteiger partial charge >= 0.3 is 6.36 Å². The van der Waals surface area contributed by atoms with Crippen LogP contribution in [0.4, 0.5) is 19.0 Å². The highest BCUT2D eigenvalue weighted by molar-refractivity contribution is 5.92. The van der Waals surface area contributed by atoms with Crippen molar-refractivity contribution in [1.29, 1.82) is 0 Å². The van der Waals surface area contributed by atoms with E-state index in [-0.39, 0.29) is 42.0 Å². The molecule has 2 aliphatic heterocycles. The predicted octanol–water partition coefficient (Wildman–Crippen LogP) is 5.33. The summed E-state index contributed by atoms with van der Waals surface area (Å²) in [6.07, 6.45) is 2.18. The molecule has 1 saturated carbocycles. The molecule has 200 valence electrons. The molecule has 3 aliphatic rings. The monoisotopic (exact) mass is 528 g/mol. The smallest absolute Gasteiger partial charge is 0.405 e. The lowest BCUT2D eigenvalue weighted by molar-refractivity contribution is -0.274. The van der Waals surface area contributed by atoms with E-state index in [0.717, 1.165) is 44.3 Å². The number of nitrogens with zero attached hydrogens (tertiary/aromatic N) is 3. The van der Waals surface area contributed by atoms with Crippen molar-refractivity contribution in [3.63, 3.8) is 0 Å². The highest BCUT2D eigenvalue weighted by atomic mass is 19.4. The molecule has 2 aromatic heterocycles. The molecule has 1 aromatic carbocycles. The van der Waals surface area contributed by atoms with Crippen molar-refractivity contribution < 1.29 is 32.0 Å². The van der Waals surface area contributed by atoms with Gasteiger partial charge in [0.25, 0.3) is 0 Å². The van der Waals surface area contributed by atoms with Gasteiger partial charge < -0.3 is 24.6 Å². The quantitative estimate of drug-likeness (QED) is 0.422. The van der Waals surface area contributed by atoms with Crippen LogP contribution in [0.3, 0.4) is 0 Å². The van der Waals surface area contributed by atoms with Crippen LogP contribution >= 0.6 is 0 Å². The molecule has 0 unspecified atom stereocenters.